The molecule has 0 bridgehead atoms. The highest BCUT2D eigenvalue weighted by atomic mass is 16.3. The summed E-state index contributed by atoms with van der Waals surface area (Å²) in [5.41, 5.74) is 1.87. The first-order chi connectivity index (χ1) is 12.1. The Morgan fingerprint density at radius 2 is 1.96 bits per heavy atom. The molecule has 0 unspecified atom stereocenters. The highest BCUT2D eigenvalue weighted by molar-refractivity contribution is 5.84. The minimum absolute atomic E-state index is 0.120. The first-order valence-electron chi connectivity index (χ1n) is 8.22. The summed E-state index contributed by atoms with van der Waals surface area (Å²) in [6.45, 7) is 5.85. The molecule has 25 heavy (non-hydrogen) atoms. The third-order valence-electron chi connectivity index (χ3n) is 4.11. The van der Waals surface area contributed by atoms with Crippen LogP contribution in [0.15, 0.2) is 58.7 Å². The molecule has 1 heterocycles. The number of rotatable bonds is 5. The van der Waals surface area contributed by atoms with Gasteiger partial charge in [-0.1, -0.05) is 12.1 Å². The van der Waals surface area contributed by atoms with Crippen molar-refractivity contribution in [2.75, 3.05) is 18.0 Å². The van der Waals surface area contributed by atoms with Gasteiger partial charge in [0.15, 0.2) is 0 Å². The number of phenolic OH excluding ortho intramolecular Hbond substituents is 1. The summed E-state index contributed by atoms with van der Waals surface area (Å²) in [7, 11) is 0. The van der Waals surface area contributed by atoms with E-state index >= 15 is 0 Å². The summed E-state index contributed by atoms with van der Waals surface area (Å²) in [6, 6.07) is 12.5. The van der Waals surface area contributed by atoms with Crippen LogP contribution in [0, 0.1) is 0 Å². The molecule has 0 amide bonds. The molecule has 6 nitrogen and oxygen atoms in total. The molecule has 6 heteroatoms. The minimum Gasteiger partial charge on any atom is -0.507 e. The molecule has 1 N–H and O–H groups in total. The van der Waals surface area contributed by atoms with Crippen molar-refractivity contribution in [3.8, 4) is 5.75 Å². The van der Waals surface area contributed by atoms with Crippen LogP contribution in [0.25, 0.3) is 10.9 Å². The van der Waals surface area contributed by atoms with E-state index < -0.39 is 0 Å². The number of hydrogen-bond acceptors (Lipinski definition) is 5. The predicted molar refractivity (Wildman–Crippen MR) is 101 cm³/mol. The second-order valence-electron chi connectivity index (χ2n) is 5.57. The maximum atomic E-state index is 12.4. The summed E-state index contributed by atoms with van der Waals surface area (Å²) in [5.74, 6) is 0.120. The molecule has 0 atom stereocenters. The summed E-state index contributed by atoms with van der Waals surface area (Å²) >= 11 is 0. The van der Waals surface area contributed by atoms with Gasteiger partial charge >= 0.3 is 0 Å². The van der Waals surface area contributed by atoms with E-state index in [1.54, 1.807) is 30.3 Å². The molecule has 0 saturated heterocycles. The lowest BCUT2D eigenvalue weighted by Gasteiger charge is -2.21. The van der Waals surface area contributed by atoms with Crippen LogP contribution in [0.4, 0.5) is 5.69 Å². The molecule has 0 aliphatic carbocycles. The molecular weight excluding hydrogens is 316 g/mol. The van der Waals surface area contributed by atoms with Gasteiger partial charge in [-0.25, -0.2) is 4.98 Å². The molecule has 0 aliphatic rings. The second-order valence-corrected chi connectivity index (χ2v) is 5.57. The minimum atomic E-state index is -0.249. The van der Waals surface area contributed by atoms with Gasteiger partial charge in [0.25, 0.3) is 5.56 Å². The van der Waals surface area contributed by atoms with Gasteiger partial charge in [0.05, 0.1) is 17.1 Å². The zero-order valence-corrected chi connectivity index (χ0v) is 14.3. The second kappa shape index (κ2) is 7.17. The molecule has 0 radical (unpaired) electrons. The number of anilines is 1. The number of aromatic hydroxyl groups is 1. The fourth-order valence-corrected chi connectivity index (χ4v) is 2.69. The molecule has 0 fully saturated rings. The van der Waals surface area contributed by atoms with Gasteiger partial charge in [-0.2, -0.15) is 9.78 Å². The third-order valence-corrected chi connectivity index (χ3v) is 4.11. The Bertz CT molecular complexity index is 975. The number of para-hydroxylation sites is 1. The highest BCUT2D eigenvalue weighted by Gasteiger charge is 2.06. The first-order valence-corrected chi connectivity index (χ1v) is 8.22. The highest BCUT2D eigenvalue weighted by Crippen LogP contribution is 2.23. The average Bonchev–Trinajstić information content (AvgIpc) is 2.64. The maximum Gasteiger partial charge on any atom is 0.281 e. The topological polar surface area (TPSA) is 70.7 Å². The lowest BCUT2D eigenvalue weighted by molar-refractivity contribution is 0.474. The molecule has 128 valence electrons. The van der Waals surface area contributed by atoms with E-state index in [4.69, 9.17) is 0 Å². The van der Waals surface area contributed by atoms with E-state index in [1.807, 2.05) is 12.1 Å². The number of hydrogen-bond donors (Lipinski definition) is 1. The molecule has 2 aromatic carbocycles. The summed E-state index contributed by atoms with van der Waals surface area (Å²) in [4.78, 5) is 18.7. The van der Waals surface area contributed by atoms with Crippen LogP contribution in [-0.4, -0.2) is 34.1 Å². The maximum absolute atomic E-state index is 12.4. The summed E-state index contributed by atoms with van der Waals surface area (Å²) in [5, 5.41) is 14.9. The third kappa shape index (κ3) is 3.38. The number of benzene rings is 2. The van der Waals surface area contributed by atoms with Gasteiger partial charge in [-0.3, -0.25) is 4.79 Å². The van der Waals surface area contributed by atoms with E-state index in [-0.39, 0.29) is 11.3 Å². The molecule has 0 saturated carbocycles. The summed E-state index contributed by atoms with van der Waals surface area (Å²) < 4.78 is 1.17. The Kier molecular flexibility index (Phi) is 4.79. The van der Waals surface area contributed by atoms with Crippen molar-refractivity contribution >= 4 is 22.8 Å². The average molecular weight is 336 g/mol. The van der Waals surface area contributed by atoms with E-state index in [1.165, 1.54) is 17.2 Å². The Balaban J connectivity index is 1.92. The van der Waals surface area contributed by atoms with Crippen molar-refractivity contribution in [3.05, 3.63) is 64.7 Å². The Morgan fingerprint density at radius 3 is 2.68 bits per heavy atom. The smallest absolute Gasteiger partial charge is 0.281 e. The van der Waals surface area contributed by atoms with Crippen LogP contribution in [0.5, 0.6) is 5.75 Å². The van der Waals surface area contributed by atoms with Crippen LogP contribution in [0.3, 0.4) is 0 Å². The van der Waals surface area contributed by atoms with Crippen LogP contribution >= 0.6 is 0 Å². The Morgan fingerprint density at radius 1 is 1.20 bits per heavy atom. The number of nitrogens with zero attached hydrogens (tertiary/aromatic N) is 4. The first kappa shape index (κ1) is 16.7. The normalized spacial score (nSPS) is 11.3. The van der Waals surface area contributed by atoms with Crippen LogP contribution < -0.4 is 10.5 Å². The van der Waals surface area contributed by atoms with Gasteiger partial charge in [0.2, 0.25) is 0 Å². The monoisotopic (exact) mass is 336 g/mol. The van der Waals surface area contributed by atoms with E-state index in [0.29, 0.717) is 16.5 Å². The number of fused-ring (bicyclic) bond motifs is 1. The van der Waals surface area contributed by atoms with Gasteiger partial charge in [-0.05, 0) is 38.1 Å². The fourth-order valence-electron chi connectivity index (χ4n) is 2.69. The van der Waals surface area contributed by atoms with E-state index in [9.17, 15) is 9.90 Å². The molecule has 3 aromatic rings. The SMILES string of the molecule is CCN(CC)c1ccc(/C=N/n2cnc3ccccc3c2=O)c(O)c1. The van der Waals surface area contributed by atoms with Crippen molar-refractivity contribution in [2.24, 2.45) is 5.10 Å². The molecule has 0 aliphatic heterocycles. The predicted octanol–water partition coefficient (Wildman–Crippen LogP) is 2.83. The quantitative estimate of drug-likeness (QED) is 0.727. The van der Waals surface area contributed by atoms with Crippen molar-refractivity contribution in [3.63, 3.8) is 0 Å². The van der Waals surface area contributed by atoms with Crippen LogP contribution in [0.2, 0.25) is 0 Å². The number of phenols is 1. The van der Waals surface area contributed by atoms with Crippen LogP contribution in [-0.2, 0) is 0 Å². The van der Waals surface area contributed by atoms with E-state index in [0.717, 1.165) is 18.8 Å². The Labute approximate surface area is 145 Å². The van der Waals surface area contributed by atoms with Gasteiger partial charge in [-0.15, -0.1) is 0 Å². The van der Waals surface area contributed by atoms with E-state index in [2.05, 4.69) is 28.8 Å². The molecular formula is C19H20N4O2. The van der Waals surface area contributed by atoms with Crippen molar-refractivity contribution in [1.29, 1.82) is 0 Å². The van der Waals surface area contributed by atoms with Gasteiger partial charge in [0.1, 0.15) is 12.1 Å². The lowest BCUT2D eigenvalue weighted by Crippen LogP contribution is -2.21. The molecule has 0 spiro atoms. The van der Waals surface area contributed by atoms with Crippen LogP contribution in [0.1, 0.15) is 19.4 Å². The Hall–Kier alpha value is -3.15. The summed E-state index contributed by atoms with van der Waals surface area (Å²) in [6.07, 6.45) is 2.84. The number of aromatic nitrogens is 2. The van der Waals surface area contributed by atoms with Crippen molar-refractivity contribution < 1.29 is 5.11 Å². The van der Waals surface area contributed by atoms with Gasteiger partial charge < -0.3 is 10.0 Å². The van der Waals surface area contributed by atoms with Crippen molar-refractivity contribution in [2.45, 2.75) is 13.8 Å². The molecule has 1 aromatic heterocycles. The lowest BCUT2D eigenvalue weighted by atomic mass is 10.2. The molecule has 3 rings (SSSR count). The zero-order valence-electron chi connectivity index (χ0n) is 14.3. The van der Waals surface area contributed by atoms with Crippen molar-refractivity contribution in [1.82, 2.24) is 9.66 Å². The standard InChI is InChI=1S/C19H20N4O2/c1-3-22(4-2)15-10-9-14(18(24)11-15)12-21-23-13-20-17-8-6-5-7-16(17)19(23)25/h5-13,24H,3-4H2,1-2H3/b21-12+. The van der Waals surface area contributed by atoms with Gasteiger partial charge in [0, 0.05) is 30.4 Å². The largest absolute Gasteiger partial charge is 0.507 e. The zero-order chi connectivity index (χ0) is 17.8. The fraction of sp³-hybridized carbons (Fsp3) is 0.211.